The molecule has 0 aliphatic heterocycles. The van der Waals surface area contributed by atoms with Gasteiger partial charge in [-0.05, 0) is 45.0 Å². The van der Waals surface area contributed by atoms with Gasteiger partial charge in [0.1, 0.15) is 12.4 Å². The molecule has 26 heavy (non-hydrogen) atoms. The van der Waals surface area contributed by atoms with E-state index >= 15 is 0 Å². The van der Waals surface area contributed by atoms with Gasteiger partial charge in [0.25, 0.3) is 0 Å². The highest BCUT2D eigenvalue weighted by Gasteiger charge is 2.25. The van der Waals surface area contributed by atoms with Crippen LogP contribution in [0.15, 0.2) is 30.6 Å². The number of aromatic nitrogens is 3. The molecule has 1 N–H and O–H groups in total. The van der Waals surface area contributed by atoms with Gasteiger partial charge in [-0.15, -0.1) is 10.2 Å². The minimum absolute atomic E-state index is 0.0116. The van der Waals surface area contributed by atoms with Crippen molar-refractivity contribution in [3.05, 3.63) is 47.5 Å². The van der Waals surface area contributed by atoms with Gasteiger partial charge in [-0.1, -0.05) is 43.5 Å². The molecular formula is C20H29N5O. The van der Waals surface area contributed by atoms with Crippen LogP contribution in [0.2, 0.25) is 0 Å². The summed E-state index contributed by atoms with van der Waals surface area (Å²) in [5, 5.41) is 11.4. The van der Waals surface area contributed by atoms with Crippen LogP contribution >= 0.6 is 0 Å². The van der Waals surface area contributed by atoms with Crippen LogP contribution in [0.5, 0.6) is 0 Å². The molecule has 1 unspecified atom stereocenters. The van der Waals surface area contributed by atoms with Gasteiger partial charge in [0.05, 0.1) is 6.54 Å². The second-order valence-electron chi connectivity index (χ2n) is 7.39. The SMILES string of the molecule is Cc1ccccc1C(C(=O)NCc1nncn1C1CCCCC1)N(C)C. The molecule has 6 nitrogen and oxygen atoms in total. The quantitative estimate of drug-likeness (QED) is 0.865. The van der Waals surface area contributed by atoms with Crippen molar-refractivity contribution >= 4 is 5.91 Å². The molecule has 1 aromatic heterocycles. The third-order valence-corrected chi connectivity index (χ3v) is 5.28. The maximum Gasteiger partial charge on any atom is 0.242 e. The van der Waals surface area contributed by atoms with Crippen LogP contribution in [0.25, 0.3) is 0 Å². The lowest BCUT2D eigenvalue weighted by molar-refractivity contribution is -0.126. The van der Waals surface area contributed by atoms with E-state index in [1.165, 1.54) is 32.1 Å². The molecule has 140 valence electrons. The number of nitrogens with one attached hydrogen (secondary N) is 1. The Morgan fingerprint density at radius 2 is 2.00 bits per heavy atom. The van der Waals surface area contributed by atoms with E-state index in [1.807, 2.05) is 56.5 Å². The number of carbonyl (C=O) groups excluding carboxylic acids is 1. The molecule has 0 bridgehead atoms. The molecule has 1 heterocycles. The van der Waals surface area contributed by atoms with Gasteiger partial charge in [-0.3, -0.25) is 9.69 Å². The Bertz CT molecular complexity index is 733. The molecule has 1 fully saturated rings. The first-order chi connectivity index (χ1) is 12.6. The number of amides is 1. The summed E-state index contributed by atoms with van der Waals surface area (Å²) >= 11 is 0. The Hall–Kier alpha value is -2.21. The number of hydrogen-bond acceptors (Lipinski definition) is 4. The summed E-state index contributed by atoms with van der Waals surface area (Å²) in [5.41, 5.74) is 2.15. The summed E-state index contributed by atoms with van der Waals surface area (Å²) in [6.45, 7) is 2.45. The lowest BCUT2D eigenvalue weighted by atomic mass is 9.95. The van der Waals surface area contributed by atoms with Crippen LogP contribution in [0, 0.1) is 6.92 Å². The molecule has 6 heteroatoms. The van der Waals surface area contributed by atoms with Crippen molar-refractivity contribution in [2.75, 3.05) is 14.1 Å². The predicted octanol–water partition coefficient (Wildman–Crippen LogP) is 3.01. The largest absolute Gasteiger partial charge is 0.347 e. The number of nitrogens with zero attached hydrogens (tertiary/aromatic N) is 4. The fourth-order valence-electron chi connectivity index (χ4n) is 3.87. The second-order valence-corrected chi connectivity index (χ2v) is 7.39. The van der Waals surface area contributed by atoms with E-state index in [4.69, 9.17) is 0 Å². The van der Waals surface area contributed by atoms with E-state index in [9.17, 15) is 4.79 Å². The smallest absolute Gasteiger partial charge is 0.242 e. The Kier molecular flexibility index (Phi) is 6.04. The van der Waals surface area contributed by atoms with Crippen LogP contribution in [-0.4, -0.2) is 39.7 Å². The summed E-state index contributed by atoms with van der Waals surface area (Å²) in [6, 6.07) is 8.18. The molecule has 3 rings (SSSR count). The molecule has 1 aliphatic rings. The Morgan fingerprint density at radius 3 is 2.69 bits per heavy atom. The molecule has 1 aliphatic carbocycles. The minimum Gasteiger partial charge on any atom is -0.347 e. The van der Waals surface area contributed by atoms with E-state index in [0.717, 1.165) is 17.0 Å². The van der Waals surface area contributed by atoms with Crippen molar-refractivity contribution < 1.29 is 4.79 Å². The molecular weight excluding hydrogens is 326 g/mol. The molecule has 0 spiro atoms. The van der Waals surface area contributed by atoms with Crippen molar-refractivity contribution in [2.24, 2.45) is 0 Å². The normalized spacial score (nSPS) is 16.6. The van der Waals surface area contributed by atoms with Crippen LogP contribution in [0.4, 0.5) is 0 Å². The van der Waals surface area contributed by atoms with Gasteiger partial charge in [0.15, 0.2) is 5.82 Å². The lowest BCUT2D eigenvalue weighted by Crippen LogP contribution is -2.37. The molecule has 1 amide bonds. The number of likely N-dealkylation sites (N-methyl/N-ethyl adjacent to an activating group) is 1. The van der Waals surface area contributed by atoms with Crippen molar-refractivity contribution in [3.63, 3.8) is 0 Å². The first-order valence-electron chi connectivity index (χ1n) is 9.46. The van der Waals surface area contributed by atoms with Gasteiger partial charge in [-0.25, -0.2) is 0 Å². The monoisotopic (exact) mass is 355 g/mol. The number of benzene rings is 1. The third-order valence-electron chi connectivity index (χ3n) is 5.28. The predicted molar refractivity (Wildman–Crippen MR) is 102 cm³/mol. The highest BCUT2D eigenvalue weighted by molar-refractivity contribution is 5.83. The van der Waals surface area contributed by atoms with E-state index < -0.39 is 0 Å². The van der Waals surface area contributed by atoms with Crippen LogP contribution < -0.4 is 5.32 Å². The van der Waals surface area contributed by atoms with Crippen LogP contribution in [-0.2, 0) is 11.3 Å². The van der Waals surface area contributed by atoms with E-state index in [1.54, 1.807) is 0 Å². The topological polar surface area (TPSA) is 63.1 Å². The van der Waals surface area contributed by atoms with E-state index in [0.29, 0.717) is 12.6 Å². The molecule has 1 aromatic carbocycles. The highest BCUT2D eigenvalue weighted by atomic mass is 16.2. The zero-order valence-corrected chi connectivity index (χ0v) is 16.0. The van der Waals surface area contributed by atoms with Gasteiger partial charge >= 0.3 is 0 Å². The third kappa shape index (κ3) is 4.12. The van der Waals surface area contributed by atoms with Crippen molar-refractivity contribution in [3.8, 4) is 0 Å². The maximum atomic E-state index is 12.9. The fourth-order valence-corrected chi connectivity index (χ4v) is 3.87. The minimum atomic E-state index is -0.317. The van der Waals surface area contributed by atoms with Gasteiger partial charge in [-0.2, -0.15) is 0 Å². The van der Waals surface area contributed by atoms with Gasteiger partial charge < -0.3 is 9.88 Å². The maximum absolute atomic E-state index is 12.9. The molecule has 0 radical (unpaired) electrons. The molecule has 1 atom stereocenters. The van der Waals surface area contributed by atoms with Crippen molar-refractivity contribution in [1.82, 2.24) is 25.0 Å². The van der Waals surface area contributed by atoms with Crippen LogP contribution in [0.1, 0.15) is 61.1 Å². The summed E-state index contributed by atoms with van der Waals surface area (Å²) in [7, 11) is 3.86. The van der Waals surface area contributed by atoms with Crippen LogP contribution in [0.3, 0.4) is 0 Å². The zero-order valence-electron chi connectivity index (χ0n) is 16.0. The highest BCUT2D eigenvalue weighted by Crippen LogP contribution is 2.28. The average Bonchev–Trinajstić information content (AvgIpc) is 3.11. The van der Waals surface area contributed by atoms with Gasteiger partial charge in [0.2, 0.25) is 5.91 Å². The summed E-state index contributed by atoms with van der Waals surface area (Å²) in [4.78, 5) is 14.9. The van der Waals surface area contributed by atoms with Gasteiger partial charge in [0, 0.05) is 6.04 Å². The molecule has 2 aromatic rings. The van der Waals surface area contributed by atoms with Crippen molar-refractivity contribution in [1.29, 1.82) is 0 Å². The first-order valence-corrected chi connectivity index (χ1v) is 9.46. The molecule has 1 saturated carbocycles. The second kappa shape index (κ2) is 8.45. The first kappa shape index (κ1) is 18.6. The standard InChI is InChI=1S/C20H29N5O/c1-15-9-7-8-12-17(15)19(24(2)3)20(26)21-13-18-23-22-14-25(18)16-10-5-4-6-11-16/h7-9,12,14,16,19H,4-6,10-11,13H2,1-3H3,(H,21,26). The number of carbonyl (C=O) groups is 1. The Balaban J connectivity index is 1.70. The number of rotatable bonds is 6. The van der Waals surface area contributed by atoms with Crippen molar-refractivity contribution in [2.45, 2.75) is 57.7 Å². The lowest BCUT2D eigenvalue weighted by Gasteiger charge is -2.26. The summed E-state index contributed by atoms with van der Waals surface area (Å²) < 4.78 is 2.15. The Labute approximate surface area is 155 Å². The van der Waals surface area contributed by atoms with E-state index in [2.05, 4.69) is 20.1 Å². The molecule has 0 saturated heterocycles. The number of hydrogen-bond donors (Lipinski definition) is 1. The van der Waals surface area contributed by atoms with E-state index in [-0.39, 0.29) is 11.9 Å². The number of aryl methyl sites for hydroxylation is 1. The average molecular weight is 355 g/mol. The summed E-state index contributed by atoms with van der Waals surface area (Å²) in [6.07, 6.45) is 7.97. The Morgan fingerprint density at radius 1 is 1.27 bits per heavy atom. The summed E-state index contributed by atoms with van der Waals surface area (Å²) in [5.74, 6) is 0.829. The fraction of sp³-hybridized carbons (Fsp3) is 0.550. The zero-order chi connectivity index (χ0) is 18.5.